The second kappa shape index (κ2) is 9.56. The predicted octanol–water partition coefficient (Wildman–Crippen LogP) is 4.05. The highest BCUT2D eigenvalue weighted by molar-refractivity contribution is 6.30. The lowest BCUT2D eigenvalue weighted by atomic mass is 10.0. The molecule has 1 N–H and O–H groups in total. The summed E-state index contributed by atoms with van der Waals surface area (Å²) in [7, 11) is 0. The number of rotatable bonds is 7. The Balaban J connectivity index is 2.26. The van der Waals surface area contributed by atoms with Crippen molar-refractivity contribution in [2.24, 2.45) is 0 Å². The summed E-state index contributed by atoms with van der Waals surface area (Å²) in [6, 6.07) is 12.9. The smallest absolute Gasteiger partial charge is 0.242 e. The van der Waals surface area contributed by atoms with Gasteiger partial charge in [0, 0.05) is 18.1 Å². The van der Waals surface area contributed by atoms with E-state index in [4.69, 9.17) is 11.6 Å². The van der Waals surface area contributed by atoms with Gasteiger partial charge >= 0.3 is 0 Å². The largest absolute Gasteiger partial charge is 0.355 e. The van der Waals surface area contributed by atoms with E-state index < -0.39 is 6.04 Å². The Labute approximate surface area is 166 Å². The van der Waals surface area contributed by atoms with Gasteiger partial charge in [-0.15, -0.1) is 0 Å². The Morgan fingerprint density at radius 2 is 1.74 bits per heavy atom. The average molecular weight is 387 g/mol. The Bertz CT molecular complexity index is 799. The number of nitrogens with zero attached hydrogens (tertiary/aromatic N) is 1. The zero-order chi connectivity index (χ0) is 20.0. The lowest BCUT2D eigenvalue weighted by Gasteiger charge is -2.29. The first kappa shape index (κ1) is 21.0. The molecule has 2 aromatic rings. The Kier molecular flexibility index (Phi) is 7.43. The van der Waals surface area contributed by atoms with E-state index in [1.165, 1.54) is 0 Å². The summed E-state index contributed by atoms with van der Waals surface area (Å²) in [5, 5.41) is 3.41. The summed E-state index contributed by atoms with van der Waals surface area (Å²) in [4.78, 5) is 27.1. The molecule has 27 heavy (non-hydrogen) atoms. The van der Waals surface area contributed by atoms with Gasteiger partial charge in [0.15, 0.2) is 0 Å². The van der Waals surface area contributed by atoms with Crippen LogP contribution in [0.5, 0.6) is 0 Å². The van der Waals surface area contributed by atoms with Crippen LogP contribution >= 0.6 is 11.6 Å². The molecular formula is C22H27ClN2O2. The molecule has 2 aromatic carbocycles. The number of carbonyl (C=O) groups is 2. The maximum atomic E-state index is 13.1. The van der Waals surface area contributed by atoms with Crippen molar-refractivity contribution < 1.29 is 9.59 Å². The van der Waals surface area contributed by atoms with Crippen molar-refractivity contribution in [3.8, 4) is 0 Å². The van der Waals surface area contributed by atoms with Gasteiger partial charge in [0.1, 0.15) is 6.04 Å². The molecule has 0 saturated heterocycles. The van der Waals surface area contributed by atoms with Crippen LogP contribution in [0.25, 0.3) is 0 Å². The number of amides is 2. The molecule has 0 radical (unpaired) electrons. The van der Waals surface area contributed by atoms with Crippen LogP contribution in [0.4, 0.5) is 0 Å². The summed E-state index contributed by atoms with van der Waals surface area (Å²) >= 11 is 6.08. The van der Waals surface area contributed by atoms with E-state index in [0.29, 0.717) is 18.1 Å². The first-order chi connectivity index (χ1) is 12.8. The topological polar surface area (TPSA) is 49.4 Å². The maximum absolute atomic E-state index is 13.1. The first-order valence-electron chi connectivity index (χ1n) is 9.19. The van der Waals surface area contributed by atoms with Crippen LogP contribution in [0.1, 0.15) is 36.1 Å². The highest BCUT2D eigenvalue weighted by Gasteiger charge is 2.26. The van der Waals surface area contributed by atoms with E-state index in [2.05, 4.69) is 11.4 Å². The minimum Gasteiger partial charge on any atom is -0.355 e. The molecule has 144 valence electrons. The zero-order valence-electron chi connectivity index (χ0n) is 16.4. The van der Waals surface area contributed by atoms with Crippen molar-refractivity contribution in [2.75, 3.05) is 6.54 Å². The third-order valence-electron chi connectivity index (χ3n) is 4.40. The third-order valence-corrected chi connectivity index (χ3v) is 4.63. The molecule has 0 bridgehead atoms. The molecule has 0 spiro atoms. The highest BCUT2D eigenvalue weighted by Crippen LogP contribution is 2.17. The fourth-order valence-corrected chi connectivity index (χ4v) is 3.40. The Hall–Kier alpha value is -2.33. The number of likely N-dealkylation sites (N-methyl/N-ethyl adjacent to an activating group) is 1. The lowest BCUT2D eigenvalue weighted by Crippen LogP contribution is -2.48. The number of nitrogens with one attached hydrogen (secondary N) is 1. The molecule has 2 amide bonds. The van der Waals surface area contributed by atoms with Crippen molar-refractivity contribution in [1.29, 1.82) is 0 Å². The molecule has 0 fully saturated rings. The number of benzene rings is 2. The summed E-state index contributed by atoms with van der Waals surface area (Å²) < 4.78 is 0. The van der Waals surface area contributed by atoms with Crippen molar-refractivity contribution in [1.82, 2.24) is 10.2 Å². The SMILES string of the molecule is CCNC(=O)[C@H](C)N(Cc1cccc(Cl)c1)C(=O)Cc1cc(C)cc(C)c1. The zero-order valence-corrected chi connectivity index (χ0v) is 17.1. The second-order valence-electron chi connectivity index (χ2n) is 6.89. The lowest BCUT2D eigenvalue weighted by molar-refractivity contribution is -0.140. The second-order valence-corrected chi connectivity index (χ2v) is 7.33. The molecule has 0 aliphatic carbocycles. The molecule has 0 saturated carbocycles. The van der Waals surface area contributed by atoms with Gasteiger partial charge in [0.05, 0.1) is 6.42 Å². The molecule has 4 nitrogen and oxygen atoms in total. The van der Waals surface area contributed by atoms with Gasteiger partial charge in [-0.2, -0.15) is 0 Å². The van der Waals surface area contributed by atoms with E-state index in [1.54, 1.807) is 17.9 Å². The molecule has 0 heterocycles. The maximum Gasteiger partial charge on any atom is 0.242 e. The van der Waals surface area contributed by atoms with Crippen molar-refractivity contribution >= 4 is 23.4 Å². The van der Waals surface area contributed by atoms with E-state index >= 15 is 0 Å². The van der Waals surface area contributed by atoms with Crippen LogP contribution in [-0.2, 0) is 22.6 Å². The van der Waals surface area contributed by atoms with E-state index in [-0.39, 0.29) is 18.2 Å². The van der Waals surface area contributed by atoms with Crippen molar-refractivity contribution in [2.45, 2.75) is 46.7 Å². The summed E-state index contributed by atoms with van der Waals surface area (Å²) in [5.41, 5.74) is 4.09. The molecule has 5 heteroatoms. The van der Waals surface area contributed by atoms with Gasteiger partial charge in [-0.3, -0.25) is 9.59 Å². The van der Waals surface area contributed by atoms with Crippen LogP contribution in [0.15, 0.2) is 42.5 Å². The van der Waals surface area contributed by atoms with Gasteiger partial charge in [-0.05, 0) is 51.0 Å². The predicted molar refractivity (Wildman–Crippen MR) is 110 cm³/mol. The number of hydrogen-bond donors (Lipinski definition) is 1. The number of hydrogen-bond acceptors (Lipinski definition) is 2. The summed E-state index contributed by atoms with van der Waals surface area (Å²) in [6.45, 7) is 8.52. The highest BCUT2D eigenvalue weighted by atomic mass is 35.5. The Morgan fingerprint density at radius 3 is 2.33 bits per heavy atom. The van der Waals surface area contributed by atoms with E-state index in [1.807, 2.05) is 51.1 Å². The normalized spacial score (nSPS) is 11.7. The number of aryl methyl sites for hydroxylation is 2. The quantitative estimate of drug-likeness (QED) is 0.780. The number of carbonyl (C=O) groups excluding carboxylic acids is 2. The minimum atomic E-state index is -0.567. The van der Waals surface area contributed by atoms with Gasteiger partial charge in [0.25, 0.3) is 0 Å². The summed E-state index contributed by atoms with van der Waals surface area (Å²) in [6.07, 6.45) is 0.257. The Morgan fingerprint density at radius 1 is 1.07 bits per heavy atom. The summed E-state index contributed by atoms with van der Waals surface area (Å²) in [5.74, 6) is -0.243. The molecule has 2 rings (SSSR count). The molecule has 0 unspecified atom stereocenters. The standard InChI is InChI=1S/C22H27ClN2O2/c1-5-24-22(27)17(4)25(14-18-7-6-8-20(23)12-18)21(26)13-19-10-15(2)9-16(3)11-19/h6-12,17H,5,13-14H2,1-4H3,(H,24,27)/t17-/m0/s1. The van der Waals surface area contributed by atoms with Crippen LogP contribution in [0.3, 0.4) is 0 Å². The average Bonchev–Trinajstić information content (AvgIpc) is 2.58. The molecule has 0 aliphatic heterocycles. The molecular weight excluding hydrogens is 360 g/mol. The molecule has 0 aromatic heterocycles. The van der Waals surface area contributed by atoms with Crippen LogP contribution in [0.2, 0.25) is 5.02 Å². The van der Waals surface area contributed by atoms with Gasteiger partial charge in [0.2, 0.25) is 11.8 Å². The van der Waals surface area contributed by atoms with Crippen LogP contribution < -0.4 is 5.32 Å². The van der Waals surface area contributed by atoms with E-state index in [0.717, 1.165) is 22.3 Å². The van der Waals surface area contributed by atoms with Gasteiger partial charge in [-0.1, -0.05) is 53.1 Å². The molecule has 0 aliphatic rings. The third kappa shape index (κ3) is 6.10. The van der Waals surface area contributed by atoms with Gasteiger partial charge < -0.3 is 10.2 Å². The van der Waals surface area contributed by atoms with Crippen LogP contribution in [-0.4, -0.2) is 29.3 Å². The fourth-order valence-electron chi connectivity index (χ4n) is 3.18. The van der Waals surface area contributed by atoms with Crippen molar-refractivity contribution in [3.63, 3.8) is 0 Å². The van der Waals surface area contributed by atoms with Crippen molar-refractivity contribution in [3.05, 3.63) is 69.7 Å². The molecule has 1 atom stereocenters. The van der Waals surface area contributed by atoms with Crippen LogP contribution in [0, 0.1) is 13.8 Å². The number of halogens is 1. The van der Waals surface area contributed by atoms with Gasteiger partial charge in [-0.25, -0.2) is 0 Å². The van der Waals surface area contributed by atoms with E-state index in [9.17, 15) is 9.59 Å². The monoisotopic (exact) mass is 386 g/mol. The fraction of sp³-hybridized carbons (Fsp3) is 0.364. The minimum absolute atomic E-state index is 0.0845. The first-order valence-corrected chi connectivity index (χ1v) is 9.56.